The first kappa shape index (κ1) is 26.3. The van der Waals surface area contributed by atoms with Gasteiger partial charge in [-0.05, 0) is 31.2 Å². The SMILES string of the molecule is Cc1ccc(CN2CC3(C2)OCCC3CCNC(=O)C2CC(F)(F)C2)cc1.O=C(O)C(F)(F)F. The summed E-state index contributed by atoms with van der Waals surface area (Å²) in [6.07, 6.45) is -3.82. The zero-order chi connectivity index (χ0) is 25.1. The fraction of sp³-hybridized carbons (Fsp3) is 0.652. The molecule has 2 heterocycles. The molecule has 1 amide bonds. The number of aliphatic carboxylic acids is 1. The van der Waals surface area contributed by atoms with E-state index in [4.69, 9.17) is 14.6 Å². The molecule has 3 aliphatic rings. The molecule has 2 N–H and O–H groups in total. The zero-order valence-electron chi connectivity index (χ0n) is 18.8. The summed E-state index contributed by atoms with van der Waals surface area (Å²) >= 11 is 0. The fourth-order valence-corrected chi connectivity index (χ4v) is 4.68. The number of carboxylic acid groups (broad SMARTS) is 1. The molecule has 2 aliphatic heterocycles. The first-order valence-corrected chi connectivity index (χ1v) is 11.2. The van der Waals surface area contributed by atoms with Crippen LogP contribution in [0.2, 0.25) is 0 Å². The van der Waals surface area contributed by atoms with E-state index in [1.165, 1.54) is 11.1 Å². The molecular weight excluding hydrogens is 463 g/mol. The smallest absolute Gasteiger partial charge is 0.475 e. The van der Waals surface area contributed by atoms with Crippen molar-refractivity contribution in [1.82, 2.24) is 10.2 Å². The van der Waals surface area contributed by atoms with Crippen LogP contribution in [0.3, 0.4) is 0 Å². The highest BCUT2D eigenvalue weighted by atomic mass is 19.4. The van der Waals surface area contributed by atoms with Crippen LogP contribution in [0, 0.1) is 18.8 Å². The minimum absolute atomic E-state index is 0.0844. The maximum atomic E-state index is 12.9. The number of aryl methyl sites for hydroxylation is 1. The van der Waals surface area contributed by atoms with E-state index >= 15 is 0 Å². The Balaban J connectivity index is 0.000000406. The molecule has 0 bridgehead atoms. The van der Waals surface area contributed by atoms with E-state index in [-0.39, 0.29) is 24.3 Å². The second kappa shape index (κ2) is 10.2. The number of ether oxygens (including phenoxy) is 1. The number of carboxylic acids is 1. The Kier molecular flexibility index (Phi) is 7.86. The number of benzene rings is 1. The van der Waals surface area contributed by atoms with Crippen LogP contribution in [-0.2, 0) is 20.9 Å². The molecule has 1 aliphatic carbocycles. The van der Waals surface area contributed by atoms with Gasteiger partial charge in [0.1, 0.15) is 0 Å². The van der Waals surface area contributed by atoms with Gasteiger partial charge in [0.05, 0.1) is 5.60 Å². The standard InChI is InChI=1S/C21H28F2N2O2.C2HF3O2/c1-15-2-4-16(5-3-15)12-25-13-20(14-25)18(7-9-27-20)6-8-24-19(26)17-10-21(22,23)11-17;3-2(4,5)1(6)7/h2-5,17-18H,6-14H2,1H3,(H,24,26);(H,6,7). The Bertz CT molecular complexity index is 861. The van der Waals surface area contributed by atoms with E-state index < -0.39 is 24.0 Å². The number of hydrogen-bond acceptors (Lipinski definition) is 4. The molecule has 2 saturated heterocycles. The first-order valence-electron chi connectivity index (χ1n) is 11.2. The summed E-state index contributed by atoms with van der Waals surface area (Å²) in [6.45, 7) is 6.20. The molecule has 1 atom stereocenters. The van der Waals surface area contributed by atoms with E-state index in [2.05, 4.69) is 41.4 Å². The van der Waals surface area contributed by atoms with Crippen molar-refractivity contribution < 1.29 is 41.4 Å². The van der Waals surface area contributed by atoms with E-state index in [1.54, 1.807) is 0 Å². The largest absolute Gasteiger partial charge is 0.490 e. The summed E-state index contributed by atoms with van der Waals surface area (Å²) < 4.78 is 63.6. The van der Waals surface area contributed by atoms with Gasteiger partial charge in [0.2, 0.25) is 11.8 Å². The second-order valence-corrected chi connectivity index (χ2v) is 9.37. The molecule has 3 fully saturated rings. The molecule has 34 heavy (non-hydrogen) atoms. The Hall–Kier alpha value is -2.27. The highest BCUT2D eigenvalue weighted by Gasteiger charge is 2.52. The van der Waals surface area contributed by atoms with Crippen molar-refractivity contribution in [2.75, 3.05) is 26.2 Å². The highest BCUT2D eigenvalue weighted by molar-refractivity contribution is 5.79. The fourth-order valence-electron chi connectivity index (χ4n) is 4.68. The number of nitrogens with zero attached hydrogens (tertiary/aromatic N) is 1. The topological polar surface area (TPSA) is 78.9 Å². The molecule has 0 radical (unpaired) electrons. The van der Waals surface area contributed by atoms with Gasteiger partial charge in [0.15, 0.2) is 0 Å². The number of hydrogen-bond donors (Lipinski definition) is 2. The van der Waals surface area contributed by atoms with Gasteiger partial charge in [-0.2, -0.15) is 13.2 Å². The number of nitrogens with one attached hydrogen (secondary N) is 1. The van der Waals surface area contributed by atoms with E-state index in [9.17, 15) is 26.7 Å². The van der Waals surface area contributed by atoms with Crippen molar-refractivity contribution in [3.8, 4) is 0 Å². The number of carbonyl (C=O) groups is 2. The van der Waals surface area contributed by atoms with Gasteiger partial charge in [0.25, 0.3) is 0 Å². The van der Waals surface area contributed by atoms with E-state index in [0.29, 0.717) is 12.5 Å². The van der Waals surface area contributed by atoms with Gasteiger partial charge in [0, 0.05) is 51.5 Å². The molecule has 1 aromatic carbocycles. The van der Waals surface area contributed by atoms with Crippen molar-refractivity contribution in [1.29, 1.82) is 0 Å². The number of amides is 1. The lowest BCUT2D eigenvalue weighted by Crippen LogP contribution is -2.64. The minimum atomic E-state index is -5.08. The van der Waals surface area contributed by atoms with Gasteiger partial charge < -0.3 is 15.2 Å². The Labute approximate surface area is 194 Å². The van der Waals surface area contributed by atoms with Crippen LogP contribution < -0.4 is 5.32 Å². The van der Waals surface area contributed by atoms with Crippen LogP contribution >= 0.6 is 0 Å². The normalized spacial score (nSPS) is 23.4. The monoisotopic (exact) mass is 492 g/mol. The van der Waals surface area contributed by atoms with Crippen molar-refractivity contribution >= 4 is 11.9 Å². The molecular formula is C23H29F5N2O4. The van der Waals surface area contributed by atoms with Crippen LogP contribution in [0.25, 0.3) is 0 Å². The summed E-state index contributed by atoms with van der Waals surface area (Å²) in [5.74, 6) is -5.70. The number of halogens is 5. The Morgan fingerprint density at radius 2 is 1.76 bits per heavy atom. The summed E-state index contributed by atoms with van der Waals surface area (Å²) in [4.78, 5) is 23.2. The van der Waals surface area contributed by atoms with E-state index in [0.717, 1.165) is 39.1 Å². The highest BCUT2D eigenvalue weighted by Crippen LogP contribution is 2.43. The number of rotatable bonds is 6. The maximum Gasteiger partial charge on any atom is 0.490 e. The lowest BCUT2D eigenvalue weighted by atomic mass is 9.78. The zero-order valence-corrected chi connectivity index (χ0v) is 18.8. The summed E-state index contributed by atoms with van der Waals surface area (Å²) in [6, 6.07) is 8.63. The van der Waals surface area contributed by atoms with Crippen molar-refractivity contribution in [3.63, 3.8) is 0 Å². The van der Waals surface area contributed by atoms with Crippen LogP contribution in [0.1, 0.15) is 36.8 Å². The third kappa shape index (κ3) is 6.65. The third-order valence-electron chi connectivity index (χ3n) is 6.60. The quantitative estimate of drug-likeness (QED) is 0.592. The molecule has 0 aromatic heterocycles. The molecule has 1 spiro atoms. The minimum Gasteiger partial charge on any atom is -0.475 e. The predicted molar refractivity (Wildman–Crippen MR) is 112 cm³/mol. The summed E-state index contributed by atoms with van der Waals surface area (Å²) in [5, 5.41) is 9.98. The van der Waals surface area contributed by atoms with Crippen molar-refractivity contribution in [3.05, 3.63) is 35.4 Å². The molecule has 1 saturated carbocycles. The average molecular weight is 492 g/mol. The number of carbonyl (C=O) groups excluding carboxylic acids is 1. The number of likely N-dealkylation sites (tertiary alicyclic amines) is 1. The van der Waals surface area contributed by atoms with E-state index in [1.807, 2.05) is 0 Å². The Morgan fingerprint density at radius 3 is 2.29 bits per heavy atom. The second-order valence-electron chi connectivity index (χ2n) is 9.37. The van der Waals surface area contributed by atoms with Crippen LogP contribution in [0.15, 0.2) is 24.3 Å². The molecule has 11 heteroatoms. The lowest BCUT2D eigenvalue weighted by Gasteiger charge is -2.50. The summed E-state index contributed by atoms with van der Waals surface area (Å²) in [5.41, 5.74) is 2.50. The lowest BCUT2D eigenvalue weighted by molar-refractivity contribution is -0.192. The van der Waals surface area contributed by atoms with Crippen LogP contribution in [0.4, 0.5) is 22.0 Å². The summed E-state index contributed by atoms with van der Waals surface area (Å²) in [7, 11) is 0. The Morgan fingerprint density at radius 1 is 1.18 bits per heavy atom. The van der Waals surface area contributed by atoms with Crippen LogP contribution in [-0.4, -0.2) is 65.8 Å². The van der Waals surface area contributed by atoms with Gasteiger partial charge in [-0.25, -0.2) is 13.6 Å². The predicted octanol–water partition coefficient (Wildman–Crippen LogP) is 3.77. The van der Waals surface area contributed by atoms with Gasteiger partial charge in [-0.1, -0.05) is 29.8 Å². The molecule has 4 rings (SSSR count). The van der Waals surface area contributed by atoms with Gasteiger partial charge in [-0.3, -0.25) is 9.69 Å². The van der Waals surface area contributed by atoms with Gasteiger partial charge in [-0.15, -0.1) is 0 Å². The molecule has 1 aromatic rings. The molecule has 1 unspecified atom stereocenters. The third-order valence-corrected chi connectivity index (χ3v) is 6.60. The average Bonchev–Trinajstić information content (AvgIpc) is 3.11. The van der Waals surface area contributed by atoms with Gasteiger partial charge >= 0.3 is 12.1 Å². The maximum absolute atomic E-state index is 12.9. The van der Waals surface area contributed by atoms with Crippen molar-refractivity contribution in [2.45, 2.75) is 56.9 Å². The molecule has 6 nitrogen and oxygen atoms in total. The first-order chi connectivity index (χ1) is 15.8. The van der Waals surface area contributed by atoms with Crippen LogP contribution in [0.5, 0.6) is 0 Å². The van der Waals surface area contributed by atoms with Crippen molar-refractivity contribution in [2.24, 2.45) is 11.8 Å². The number of alkyl halides is 5. The molecule has 190 valence electrons.